The van der Waals surface area contributed by atoms with Gasteiger partial charge >= 0.3 is 0 Å². The summed E-state index contributed by atoms with van der Waals surface area (Å²) >= 11 is 0. The van der Waals surface area contributed by atoms with Crippen LogP contribution in [0.5, 0.6) is 5.75 Å². The van der Waals surface area contributed by atoms with Gasteiger partial charge in [-0.15, -0.1) is 0 Å². The van der Waals surface area contributed by atoms with E-state index in [4.69, 9.17) is 4.74 Å². The lowest BCUT2D eigenvalue weighted by molar-refractivity contribution is -0.121. The quantitative estimate of drug-likeness (QED) is 0.365. The number of ether oxygens (including phenoxy) is 1. The first-order chi connectivity index (χ1) is 13.6. The average Bonchev–Trinajstić information content (AvgIpc) is 2.74. The number of nitrogens with zero attached hydrogens (tertiary/aromatic N) is 2. The number of piperidine rings is 1. The maximum atomic E-state index is 12.2. The molecule has 1 aromatic carbocycles. The Morgan fingerprint density at radius 2 is 1.79 bits per heavy atom. The van der Waals surface area contributed by atoms with E-state index in [-0.39, 0.29) is 11.8 Å². The molecule has 154 valence electrons. The van der Waals surface area contributed by atoms with Crippen LogP contribution in [0.15, 0.2) is 29.3 Å². The van der Waals surface area contributed by atoms with Gasteiger partial charge in [-0.25, -0.2) is 0 Å². The lowest BCUT2D eigenvalue weighted by Gasteiger charge is -2.34. The average molecular weight is 390 g/mol. The number of aliphatic imine (C=N–C) groups is 1. The highest BCUT2D eigenvalue weighted by molar-refractivity contribution is 5.94. The number of benzene rings is 1. The summed E-state index contributed by atoms with van der Waals surface area (Å²) in [4.78, 5) is 30.2. The Morgan fingerprint density at radius 1 is 1.14 bits per heavy atom. The van der Waals surface area contributed by atoms with E-state index >= 15 is 0 Å². The van der Waals surface area contributed by atoms with Crippen molar-refractivity contribution in [3.05, 3.63) is 29.8 Å². The second-order valence-electron chi connectivity index (χ2n) is 6.77. The van der Waals surface area contributed by atoms with Crippen LogP contribution in [0.2, 0.25) is 0 Å². The van der Waals surface area contributed by atoms with E-state index in [2.05, 4.69) is 25.8 Å². The van der Waals surface area contributed by atoms with Crippen molar-refractivity contribution in [1.82, 2.24) is 20.9 Å². The third kappa shape index (κ3) is 6.44. The molecule has 0 radical (unpaired) electrons. The number of hydrogen-bond donors (Lipinski definition) is 3. The van der Waals surface area contributed by atoms with Crippen molar-refractivity contribution in [3.63, 3.8) is 0 Å². The first-order valence-corrected chi connectivity index (χ1v) is 9.65. The van der Waals surface area contributed by atoms with Gasteiger partial charge in [-0.3, -0.25) is 14.6 Å². The molecule has 1 aromatic rings. The van der Waals surface area contributed by atoms with Gasteiger partial charge in [0.15, 0.2) is 5.96 Å². The Kier molecular flexibility index (Phi) is 8.58. The molecule has 0 spiro atoms. The van der Waals surface area contributed by atoms with Crippen LogP contribution in [-0.2, 0) is 4.79 Å². The monoisotopic (exact) mass is 389 g/mol. The van der Waals surface area contributed by atoms with Crippen LogP contribution in [0.25, 0.3) is 0 Å². The van der Waals surface area contributed by atoms with E-state index in [0.717, 1.165) is 37.6 Å². The Morgan fingerprint density at radius 3 is 2.36 bits per heavy atom. The third-order valence-corrected chi connectivity index (χ3v) is 4.92. The number of likely N-dealkylation sites (tertiary alicyclic amines) is 1. The summed E-state index contributed by atoms with van der Waals surface area (Å²) in [5.74, 6) is 1.97. The molecular weight excluding hydrogens is 358 g/mol. The van der Waals surface area contributed by atoms with Crippen molar-refractivity contribution < 1.29 is 14.3 Å². The number of rotatable bonds is 7. The largest absolute Gasteiger partial charge is 0.497 e. The number of nitrogens with one attached hydrogen (secondary N) is 3. The lowest BCUT2D eigenvalue weighted by atomic mass is 9.93. The van der Waals surface area contributed by atoms with E-state index in [1.165, 1.54) is 0 Å². The van der Waals surface area contributed by atoms with Crippen molar-refractivity contribution in [2.75, 3.05) is 47.4 Å². The summed E-state index contributed by atoms with van der Waals surface area (Å²) in [6.45, 7) is 2.84. The van der Waals surface area contributed by atoms with Crippen molar-refractivity contribution in [2.24, 2.45) is 10.9 Å². The standard InChI is InChI=1S/C20H31N5O3/c1-21-18(26)14-15-8-12-25(13-9-15)20(22-2)24-11-10-23-19(27)16-4-6-17(28-3)7-5-16/h4-7,15H,8-14H2,1-3H3,(H,21,26)(H,22,24)(H,23,27). The highest BCUT2D eigenvalue weighted by atomic mass is 16.5. The Balaban J connectivity index is 1.69. The molecule has 0 aliphatic carbocycles. The summed E-state index contributed by atoms with van der Waals surface area (Å²) < 4.78 is 5.10. The molecule has 0 bridgehead atoms. The van der Waals surface area contributed by atoms with Gasteiger partial charge in [0.2, 0.25) is 5.91 Å². The number of carbonyl (C=O) groups is 2. The molecule has 3 N–H and O–H groups in total. The summed E-state index contributed by atoms with van der Waals surface area (Å²) in [5.41, 5.74) is 0.600. The molecule has 1 saturated heterocycles. The molecule has 1 heterocycles. The highest BCUT2D eigenvalue weighted by Crippen LogP contribution is 2.20. The van der Waals surface area contributed by atoms with E-state index in [0.29, 0.717) is 31.0 Å². The zero-order valence-electron chi connectivity index (χ0n) is 17.0. The molecule has 8 nitrogen and oxygen atoms in total. The van der Waals surface area contributed by atoms with E-state index in [1.54, 1.807) is 45.5 Å². The van der Waals surface area contributed by atoms with Gasteiger partial charge in [0, 0.05) is 52.3 Å². The minimum Gasteiger partial charge on any atom is -0.497 e. The molecule has 2 rings (SSSR count). The van der Waals surface area contributed by atoms with Crippen LogP contribution >= 0.6 is 0 Å². The van der Waals surface area contributed by atoms with Gasteiger partial charge in [-0.1, -0.05) is 0 Å². The fourth-order valence-electron chi connectivity index (χ4n) is 3.24. The van der Waals surface area contributed by atoms with E-state index < -0.39 is 0 Å². The topological polar surface area (TPSA) is 95.1 Å². The molecule has 1 aliphatic rings. The maximum absolute atomic E-state index is 12.2. The molecular formula is C20H31N5O3. The van der Waals surface area contributed by atoms with Crippen molar-refractivity contribution in [1.29, 1.82) is 0 Å². The predicted molar refractivity (Wildman–Crippen MR) is 110 cm³/mol. The molecule has 28 heavy (non-hydrogen) atoms. The van der Waals surface area contributed by atoms with E-state index in [1.807, 2.05) is 0 Å². The van der Waals surface area contributed by atoms with Crippen LogP contribution in [0.4, 0.5) is 0 Å². The summed E-state index contributed by atoms with van der Waals surface area (Å²) in [5, 5.41) is 8.88. The fraction of sp³-hybridized carbons (Fsp3) is 0.550. The highest BCUT2D eigenvalue weighted by Gasteiger charge is 2.22. The number of methoxy groups -OCH3 is 1. The molecule has 0 unspecified atom stereocenters. The van der Waals surface area contributed by atoms with Gasteiger partial charge in [0.1, 0.15) is 5.75 Å². The van der Waals surface area contributed by atoms with Crippen molar-refractivity contribution in [3.8, 4) is 5.75 Å². The van der Waals surface area contributed by atoms with Gasteiger partial charge < -0.3 is 25.6 Å². The Hall–Kier alpha value is -2.77. The first-order valence-electron chi connectivity index (χ1n) is 9.65. The zero-order chi connectivity index (χ0) is 20.4. The van der Waals surface area contributed by atoms with Crippen LogP contribution in [0.1, 0.15) is 29.6 Å². The first kappa shape index (κ1) is 21.5. The Labute approximate surface area is 166 Å². The Bertz CT molecular complexity index is 667. The van der Waals surface area contributed by atoms with Gasteiger partial charge in [0.05, 0.1) is 7.11 Å². The second kappa shape index (κ2) is 11.2. The molecule has 1 fully saturated rings. The normalized spacial score (nSPS) is 15.1. The maximum Gasteiger partial charge on any atom is 0.251 e. The van der Waals surface area contributed by atoms with E-state index in [9.17, 15) is 9.59 Å². The number of hydrogen-bond acceptors (Lipinski definition) is 4. The lowest BCUT2D eigenvalue weighted by Crippen LogP contribution is -2.47. The van der Waals surface area contributed by atoms with Gasteiger partial charge in [-0.2, -0.15) is 0 Å². The van der Waals surface area contributed by atoms with Crippen molar-refractivity contribution in [2.45, 2.75) is 19.3 Å². The minimum absolute atomic E-state index is 0.105. The smallest absolute Gasteiger partial charge is 0.251 e. The molecule has 0 saturated carbocycles. The van der Waals surface area contributed by atoms with Crippen LogP contribution in [-0.4, -0.2) is 70.1 Å². The van der Waals surface area contributed by atoms with Gasteiger partial charge in [-0.05, 0) is 43.0 Å². The van der Waals surface area contributed by atoms with Crippen LogP contribution in [0, 0.1) is 5.92 Å². The second-order valence-corrected chi connectivity index (χ2v) is 6.77. The third-order valence-electron chi connectivity index (χ3n) is 4.92. The fourth-order valence-corrected chi connectivity index (χ4v) is 3.24. The predicted octanol–water partition coefficient (Wildman–Crippen LogP) is 0.848. The molecule has 0 aromatic heterocycles. The number of amides is 2. The minimum atomic E-state index is -0.116. The van der Waals surface area contributed by atoms with Crippen LogP contribution in [0.3, 0.4) is 0 Å². The number of guanidine groups is 1. The molecule has 2 amide bonds. The summed E-state index contributed by atoms with van der Waals surface area (Å²) in [7, 11) is 5.03. The molecule has 0 atom stereocenters. The molecule has 1 aliphatic heterocycles. The van der Waals surface area contributed by atoms with Crippen LogP contribution < -0.4 is 20.7 Å². The number of carbonyl (C=O) groups excluding carboxylic acids is 2. The van der Waals surface area contributed by atoms with Gasteiger partial charge in [0.25, 0.3) is 5.91 Å². The van der Waals surface area contributed by atoms with Crippen molar-refractivity contribution >= 4 is 17.8 Å². The summed E-state index contributed by atoms with van der Waals surface area (Å²) in [6, 6.07) is 7.01. The zero-order valence-corrected chi connectivity index (χ0v) is 17.0. The summed E-state index contributed by atoms with van der Waals surface area (Å²) in [6.07, 6.45) is 2.54. The molecule has 8 heteroatoms. The SMILES string of the molecule is CN=C(NCCNC(=O)c1ccc(OC)cc1)N1CCC(CC(=O)NC)CC1.